The Balaban J connectivity index is 1.74. The predicted octanol–water partition coefficient (Wildman–Crippen LogP) is 1.65. The molecule has 1 aliphatic heterocycles. The average molecular weight is 355 g/mol. The quantitative estimate of drug-likeness (QED) is 0.852. The van der Waals surface area contributed by atoms with Crippen LogP contribution in [0.5, 0.6) is 11.5 Å². The van der Waals surface area contributed by atoms with Gasteiger partial charge in [-0.05, 0) is 24.3 Å². The van der Waals surface area contributed by atoms with Crippen LogP contribution in [0, 0.1) is 0 Å². The highest BCUT2D eigenvalue weighted by atomic mass is 16.5. The normalized spacial score (nSPS) is 15.5. The highest BCUT2D eigenvalue weighted by Crippen LogP contribution is 2.33. The first-order valence-electron chi connectivity index (χ1n) is 8.27. The molecule has 3 rings (SSSR count). The molecule has 0 spiro atoms. The molecule has 0 unspecified atom stereocenters. The summed E-state index contributed by atoms with van der Waals surface area (Å²) < 4.78 is 10.9. The predicted molar refractivity (Wildman–Crippen MR) is 98.8 cm³/mol. The second-order valence-electron chi connectivity index (χ2n) is 5.85. The lowest BCUT2D eigenvalue weighted by molar-refractivity contribution is -0.127. The number of rotatable bonds is 5. The second kappa shape index (κ2) is 7.77. The first-order chi connectivity index (χ1) is 12.6. The van der Waals surface area contributed by atoms with Crippen molar-refractivity contribution in [2.75, 3.05) is 37.5 Å². The number of likely N-dealkylation sites (N-methyl/N-ethyl adjacent to an activating group) is 1. The number of amides is 2. The molecule has 136 valence electrons. The number of para-hydroxylation sites is 2. The number of ether oxygens (including phenoxy) is 2. The molecule has 2 aromatic carbocycles. The molecular formula is C19H21N3O4. The zero-order valence-corrected chi connectivity index (χ0v) is 14.7. The minimum absolute atomic E-state index is 0.102. The first kappa shape index (κ1) is 17.6. The molecule has 1 atom stereocenters. The summed E-state index contributed by atoms with van der Waals surface area (Å²) in [6, 6.07) is 14.5. The molecule has 0 aromatic heterocycles. The van der Waals surface area contributed by atoms with Crippen LogP contribution in [0.25, 0.3) is 0 Å². The number of benzene rings is 2. The van der Waals surface area contributed by atoms with Crippen molar-refractivity contribution in [3.63, 3.8) is 0 Å². The summed E-state index contributed by atoms with van der Waals surface area (Å²) in [5.74, 6) is 0.837. The van der Waals surface area contributed by atoms with E-state index in [2.05, 4.69) is 10.6 Å². The van der Waals surface area contributed by atoms with Gasteiger partial charge in [0.15, 0.2) is 6.10 Å². The van der Waals surface area contributed by atoms with Gasteiger partial charge >= 0.3 is 0 Å². The maximum atomic E-state index is 12.5. The Morgan fingerprint density at radius 2 is 2.04 bits per heavy atom. The number of hydrogen-bond acceptors (Lipinski definition) is 5. The summed E-state index contributed by atoms with van der Waals surface area (Å²) in [4.78, 5) is 26.3. The molecule has 7 heteroatoms. The molecule has 1 aliphatic rings. The van der Waals surface area contributed by atoms with Gasteiger partial charge in [0.1, 0.15) is 11.5 Å². The van der Waals surface area contributed by atoms with Crippen molar-refractivity contribution in [3.05, 3.63) is 48.5 Å². The van der Waals surface area contributed by atoms with Crippen LogP contribution in [0.1, 0.15) is 0 Å². The standard InChI is InChI=1S/C19H21N3O4/c1-20-19(24)17-11-22(15-8-3-4-9-16(15)26-17)12-18(23)21-13-6-5-7-14(10-13)25-2/h3-10,17H,11-12H2,1-2H3,(H,20,24)(H,21,23)/t17-/m1/s1. The van der Waals surface area contributed by atoms with Gasteiger partial charge in [-0.25, -0.2) is 0 Å². The van der Waals surface area contributed by atoms with Gasteiger partial charge < -0.3 is 25.0 Å². The molecule has 1 heterocycles. The fourth-order valence-corrected chi connectivity index (χ4v) is 2.83. The van der Waals surface area contributed by atoms with Crippen molar-refractivity contribution < 1.29 is 19.1 Å². The number of methoxy groups -OCH3 is 1. The van der Waals surface area contributed by atoms with E-state index < -0.39 is 6.10 Å². The van der Waals surface area contributed by atoms with E-state index in [-0.39, 0.29) is 18.4 Å². The van der Waals surface area contributed by atoms with E-state index in [9.17, 15) is 9.59 Å². The number of hydrogen-bond donors (Lipinski definition) is 2. The molecule has 0 aliphatic carbocycles. The Morgan fingerprint density at radius 1 is 1.23 bits per heavy atom. The van der Waals surface area contributed by atoms with Crippen molar-refractivity contribution in [2.45, 2.75) is 6.10 Å². The third kappa shape index (κ3) is 3.88. The van der Waals surface area contributed by atoms with E-state index in [4.69, 9.17) is 9.47 Å². The van der Waals surface area contributed by atoms with Crippen molar-refractivity contribution in [3.8, 4) is 11.5 Å². The average Bonchev–Trinajstić information content (AvgIpc) is 2.67. The summed E-state index contributed by atoms with van der Waals surface area (Å²) in [7, 11) is 3.14. The van der Waals surface area contributed by atoms with Crippen molar-refractivity contribution in [2.24, 2.45) is 0 Å². The third-order valence-corrected chi connectivity index (χ3v) is 4.09. The van der Waals surface area contributed by atoms with Crippen LogP contribution in [-0.4, -0.2) is 45.2 Å². The highest BCUT2D eigenvalue weighted by molar-refractivity contribution is 5.95. The molecule has 0 radical (unpaired) electrons. The van der Waals surface area contributed by atoms with Gasteiger partial charge in [-0.2, -0.15) is 0 Å². The number of carbonyl (C=O) groups is 2. The van der Waals surface area contributed by atoms with Crippen LogP contribution < -0.4 is 25.0 Å². The zero-order valence-electron chi connectivity index (χ0n) is 14.7. The Morgan fingerprint density at radius 3 is 2.81 bits per heavy atom. The molecule has 0 saturated carbocycles. The highest BCUT2D eigenvalue weighted by Gasteiger charge is 2.30. The Bertz CT molecular complexity index is 809. The fraction of sp³-hybridized carbons (Fsp3) is 0.263. The van der Waals surface area contributed by atoms with Crippen LogP contribution in [0.3, 0.4) is 0 Å². The lowest BCUT2D eigenvalue weighted by Crippen LogP contribution is -2.50. The van der Waals surface area contributed by atoms with Gasteiger partial charge in [0.05, 0.1) is 25.9 Å². The molecule has 2 aromatic rings. The first-order valence-corrected chi connectivity index (χ1v) is 8.27. The number of nitrogens with zero attached hydrogens (tertiary/aromatic N) is 1. The third-order valence-electron chi connectivity index (χ3n) is 4.09. The second-order valence-corrected chi connectivity index (χ2v) is 5.85. The minimum atomic E-state index is -0.667. The van der Waals surface area contributed by atoms with E-state index >= 15 is 0 Å². The number of nitrogens with one attached hydrogen (secondary N) is 2. The Labute approximate surface area is 151 Å². The summed E-state index contributed by atoms with van der Waals surface area (Å²) in [6.45, 7) is 0.396. The summed E-state index contributed by atoms with van der Waals surface area (Å²) >= 11 is 0. The molecule has 2 N–H and O–H groups in total. The summed E-state index contributed by atoms with van der Waals surface area (Å²) in [5, 5.41) is 5.44. The van der Waals surface area contributed by atoms with Gasteiger partial charge in [0.2, 0.25) is 5.91 Å². The maximum absolute atomic E-state index is 12.5. The van der Waals surface area contributed by atoms with Crippen molar-refractivity contribution >= 4 is 23.2 Å². The molecule has 26 heavy (non-hydrogen) atoms. The smallest absolute Gasteiger partial charge is 0.262 e. The molecular weight excluding hydrogens is 334 g/mol. The van der Waals surface area contributed by atoms with Crippen molar-refractivity contribution in [1.29, 1.82) is 0 Å². The molecule has 0 bridgehead atoms. The molecule has 0 fully saturated rings. The van der Waals surface area contributed by atoms with Crippen molar-refractivity contribution in [1.82, 2.24) is 5.32 Å². The van der Waals surface area contributed by atoms with E-state index in [0.29, 0.717) is 23.7 Å². The number of fused-ring (bicyclic) bond motifs is 1. The van der Waals surface area contributed by atoms with Gasteiger partial charge in [-0.1, -0.05) is 18.2 Å². The Hall–Kier alpha value is -3.22. The summed E-state index contributed by atoms with van der Waals surface area (Å²) in [6.07, 6.45) is -0.667. The monoisotopic (exact) mass is 355 g/mol. The lowest BCUT2D eigenvalue weighted by atomic mass is 10.1. The Kier molecular flexibility index (Phi) is 5.26. The number of anilines is 2. The van der Waals surface area contributed by atoms with Gasteiger partial charge in [0, 0.05) is 18.8 Å². The van der Waals surface area contributed by atoms with Crippen LogP contribution in [0.2, 0.25) is 0 Å². The van der Waals surface area contributed by atoms with Gasteiger partial charge in [-0.15, -0.1) is 0 Å². The maximum Gasteiger partial charge on any atom is 0.262 e. The SMILES string of the molecule is CNC(=O)[C@H]1CN(CC(=O)Nc2cccc(OC)c2)c2ccccc2O1. The van der Waals surface area contributed by atoms with Crippen LogP contribution in [0.15, 0.2) is 48.5 Å². The van der Waals surface area contributed by atoms with E-state index in [1.165, 1.54) is 0 Å². The molecule has 0 saturated heterocycles. The van der Waals surface area contributed by atoms with E-state index in [0.717, 1.165) is 5.69 Å². The zero-order chi connectivity index (χ0) is 18.5. The van der Waals surface area contributed by atoms with Gasteiger partial charge in [0.25, 0.3) is 5.91 Å². The largest absolute Gasteiger partial charge is 0.497 e. The molecule has 2 amide bonds. The minimum Gasteiger partial charge on any atom is -0.497 e. The van der Waals surface area contributed by atoms with E-state index in [1.54, 1.807) is 38.4 Å². The topological polar surface area (TPSA) is 79.9 Å². The van der Waals surface area contributed by atoms with Gasteiger partial charge in [-0.3, -0.25) is 9.59 Å². The van der Waals surface area contributed by atoms with Crippen LogP contribution >= 0.6 is 0 Å². The lowest BCUT2D eigenvalue weighted by Gasteiger charge is -2.34. The van der Waals surface area contributed by atoms with Crippen LogP contribution in [-0.2, 0) is 9.59 Å². The fourth-order valence-electron chi connectivity index (χ4n) is 2.83. The van der Waals surface area contributed by atoms with E-state index in [1.807, 2.05) is 29.2 Å². The summed E-state index contributed by atoms with van der Waals surface area (Å²) in [5.41, 5.74) is 1.44. The molecule has 7 nitrogen and oxygen atoms in total. The number of carbonyl (C=O) groups excluding carboxylic acids is 2. The van der Waals surface area contributed by atoms with Crippen LogP contribution in [0.4, 0.5) is 11.4 Å².